The van der Waals surface area contributed by atoms with Crippen LogP contribution in [-0.4, -0.2) is 24.0 Å². The molecule has 19 heavy (non-hydrogen) atoms. The first-order chi connectivity index (χ1) is 9.15. The molecule has 0 aliphatic carbocycles. The Morgan fingerprint density at radius 3 is 2.89 bits per heavy atom. The van der Waals surface area contributed by atoms with Crippen molar-refractivity contribution in [3.8, 4) is 11.5 Å². The molecule has 1 aromatic carbocycles. The number of aromatic hydroxyl groups is 1. The van der Waals surface area contributed by atoms with E-state index in [9.17, 15) is 5.11 Å². The minimum atomic E-state index is 0.281. The summed E-state index contributed by atoms with van der Waals surface area (Å²) in [6.07, 6.45) is 2.77. The van der Waals surface area contributed by atoms with Crippen LogP contribution in [-0.2, 0) is 0 Å². The number of aliphatic imine (C=N–C) groups is 1. The minimum Gasteiger partial charge on any atom is -0.506 e. The molecule has 2 aromatic rings. The number of hydrogen-bond donors (Lipinski definition) is 1. The molecule has 0 amide bonds. The highest BCUT2D eigenvalue weighted by Crippen LogP contribution is 2.37. The number of thiophene rings is 1. The second kappa shape index (κ2) is 6.06. The summed E-state index contributed by atoms with van der Waals surface area (Å²) in [5, 5.41) is 11.1. The van der Waals surface area contributed by atoms with Gasteiger partial charge >= 0.3 is 0 Å². The molecule has 0 aliphatic rings. The van der Waals surface area contributed by atoms with Crippen molar-refractivity contribution in [1.82, 2.24) is 0 Å². The molecule has 1 heterocycles. The number of ether oxygens (including phenoxy) is 1. The van der Waals surface area contributed by atoms with Crippen LogP contribution in [0.2, 0.25) is 0 Å². The van der Waals surface area contributed by atoms with Gasteiger partial charge in [-0.05, 0) is 38.5 Å². The van der Waals surface area contributed by atoms with Crippen molar-refractivity contribution in [2.45, 2.75) is 33.2 Å². The molecule has 1 aromatic heterocycles. The molecule has 1 N–H and O–H groups in total. The van der Waals surface area contributed by atoms with E-state index in [1.807, 2.05) is 25.1 Å². The van der Waals surface area contributed by atoms with Gasteiger partial charge in [-0.25, -0.2) is 0 Å². The quantitative estimate of drug-likeness (QED) is 0.831. The lowest BCUT2D eigenvalue weighted by Gasteiger charge is -2.02. The Bertz CT molecular complexity index is 589. The number of hydrogen-bond acceptors (Lipinski definition) is 4. The van der Waals surface area contributed by atoms with Crippen molar-refractivity contribution in [3.63, 3.8) is 0 Å². The largest absolute Gasteiger partial charge is 0.506 e. The van der Waals surface area contributed by atoms with Gasteiger partial charge in [0.1, 0.15) is 11.5 Å². The summed E-state index contributed by atoms with van der Waals surface area (Å²) in [6, 6.07) is 6.07. The molecule has 0 saturated carbocycles. The summed E-state index contributed by atoms with van der Waals surface area (Å²) in [4.78, 5) is 5.23. The molecule has 0 fully saturated rings. The third-order valence-electron chi connectivity index (χ3n) is 3.01. The fourth-order valence-electron chi connectivity index (χ4n) is 1.73. The van der Waals surface area contributed by atoms with Crippen LogP contribution in [0, 0.1) is 0 Å². The van der Waals surface area contributed by atoms with Gasteiger partial charge in [0, 0.05) is 22.3 Å². The molecule has 102 valence electrons. The number of benzene rings is 1. The predicted octanol–water partition coefficient (Wildman–Crippen LogP) is 4.22. The average Bonchev–Trinajstić information content (AvgIpc) is 2.73. The molecule has 0 saturated heterocycles. The standard InChI is InChI=1S/C15H19NO2S/c1-4-10(3)16-9-14-15(17)12-8-11(18-5-2)6-7-13(12)19-14/h6-10,17H,4-5H2,1-3H3/t10-/m1/s1. The lowest BCUT2D eigenvalue weighted by molar-refractivity contribution is 0.340. The summed E-state index contributed by atoms with van der Waals surface area (Å²) in [6.45, 7) is 6.73. The Kier molecular flexibility index (Phi) is 4.43. The number of fused-ring (bicyclic) bond motifs is 1. The topological polar surface area (TPSA) is 41.8 Å². The second-order valence-corrected chi connectivity index (χ2v) is 5.53. The average molecular weight is 277 g/mol. The van der Waals surface area contributed by atoms with Crippen molar-refractivity contribution in [3.05, 3.63) is 23.1 Å². The van der Waals surface area contributed by atoms with Crippen molar-refractivity contribution in [2.75, 3.05) is 6.61 Å². The van der Waals surface area contributed by atoms with Crippen molar-refractivity contribution >= 4 is 27.6 Å². The van der Waals surface area contributed by atoms with E-state index in [2.05, 4.69) is 18.8 Å². The predicted molar refractivity (Wildman–Crippen MR) is 82.0 cm³/mol. The first-order valence-electron chi connectivity index (χ1n) is 6.57. The van der Waals surface area contributed by atoms with E-state index >= 15 is 0 Å². The van der Waals surface area contributed by atoms with Gasteiger partial charge in [-0.15, -0.1) is 11.3 Å². The molecule has 4 heteroatoms. The molecule has 1 atom stereocenters. The van der Waals surface area contributed by atoms with Crippen LogP contribution in [0.5, 0.6) is 11.5 Å². The van der Waals surface area contributed by atoms with E-state index in [4.69, 9.17) is 4.74 Å². The lowest BCUT2D eigenvalue weighted by atomic mass is 10.2. The third kappa shape index (κ3) is 3.07. The maximum absolute atomic E-state index is 10.2. The molecule has 0 aliphatic heterocycles. The smallest absolute Gasteiger partial charge is 0.143 e. The highest BCUT2D eigenvalue weighted by molar-refractivity contribution is 7.21. The maximum atomic E-state index is 10.2. The van der Waals surface area contributed by atoms with E-state index in [1.54, 1.807) is 17.6 Å². The Morgan fingerprint density at radius 2 is 2.21 bits per heavy atom. The van der Waals surface area contributed by atoms with Gasteiger partial charge < -0.3 is 9.84 Å². The van der Waals surface area contributed by atoms with Crippen LogP contribution >= 0.6 is 11.3 Å². The SMILES string of the molecule is CCOc1ccc2sc(C=N[C@H](C)CC)c(O)c2c1. The van der Waals surface area contributed by atoms with Gasteiger partial charge in [-0.1, -0.05) is 6.92 Å². The van der Waals surface area contributed by atoms with Gasteiger partial charge in [-0.3, -0.25) is 4.99 Å². The Balaban J connectivity index is 2.36. The van der Waals surface area contributed by atoms with Crippen LogP contribution in [0.4, 0.5) is 0 Å². The molecule has 0 bridgehead atoms. The first-order valence-corrected chi connectivity index (χ1v) is 7.38. The zero-order chi connectivity index (χ0) is 13.8. The first kappa shape index (κ1) is 13.9. The Labute approximate surface area is 117 Å². The zero-order valence-corrected chi connectivity index (χ0v) is 12.3. The fraction of sp³-hybridized carbons (Fsp3) is 0.400. The minimum absolute atomic E-state index is 0.281. The van der Waals surface area contributed by atoms with Crippen molar-refractivity contribution < 1.29 is 9.84 Å². The van der Waals surface area contributed by atoms with Gasteiger partial charge in [-0.2, -0.15) is 0 Å². The fourth-order valence-corrected chi connectivity index (χ4v) is 2.69. The normalized spacial score (nSPS) is 13.2. The van der Waals surface area contributed by atoms with E-state index in [0.29, 0.717) is 12.4 Å². The summed E-state index contributed by atoms with van der Waals surface area (Å²) >= 11 is 1.55. The molecule has 0 spiro atoms. The Hall–Kier alpha value is -1.55. The highest BCUT2D eigenvalue weighted by atomic mass is 32.1. The molecule has 3 nitrogen and oxygen atoms in total. The second-order valence-electron chi connectivity index (χ2n) is 4.44. The number of rotatable bonds is 5. The Morgan fingerprint density at radius 1 is 1.42 bits per heavy atom. The van der Waals surface area contributed by atoms with Gasteiger partial charge in [0.15, 0.2) is 0 Å². The van der Waals surface area contributed by atoms with Crippen LogP contribution in [0.15, 0.2) is 23.2 Å². The maximum Gasteiger partial charge on any atom is 0.143 e. The molecule has 0 unspecified atom stereocenters. The van der Waals surface area contributed by atoms with E-state index < -0.39 is 0 Å². The van der Waals surface area contributed by atoms with Crippen molar-refractivity contribution in [2.24, 2.45) is 4.99 Å². The summed E-state index contributed by atoms with van der Waals surface area (Å²) in [5.74, 6) is 1.09. The van der Waals surface area contributed by atoms with Crippen LogP contribution in [0.1, 0.15) is 32.1 Å². The van der Waals surface area contributed by atoms with Crippen LogP contribution < -0.4 is 4.74 Å². The third-order valence-corrected chi connectivity index (χ3v) is 4.10. The monoisotopic (exact) mass is 277 g/mol. The van der Waals surface area contributed by atoms with Crippen LogP contribution in [0.25, 0.3) is 10.1 Å². The van der Waals surface area contributed by atoms with Gasteiger partial charge in [0.25, 0.3) is 0 Å². The van der Waals surface area contributed by atoms with Crippen molar-refractivity contribution in [1.29, 1.82) is 0 Å². The van der Waals surface area contributed by atoms with E-state index in [0.717, 1.165) is 27.1 Å². The highest BCUT2D eigenvalue weighted by Gasteiger charge is 2.10. The van der Waals surface area contributed by atoms with E-state index in [-0.39, 0.29) is 6.04 Å². The van der Waals surface area contributed by atoms with Gasteiger partial charge in [0.05, 0.1) is 11.5 Å². The van der Waals surface area contributed by atoms with Gasteiger partial charge in [0.2, 0.25) is 0 Å². The van der Waals surface area contributed by atoms with Crippen LogP contribution in [0.3, 0.4) is 0 Å². The molecule has 2 rings (SSSR count). The zero-order valence-electron chi connectivity index (χ0n) is 11.5. The number of nitrogens with zero attached hydrogens (tertiary/aromatic N) is 1. The molecular weight excluding hydrogens is 258 g/mol. The molecule has 0 radical (unpaired) electrons. The van der Waals surface area contributed by atoms with E-state index in [1.165, 1.54) is 0 Å². The lowest BCUT2D eigenvalue weighted by Crippen LogP contribution is -1.94. The summed E-state index contributed by atoms with van der Waals surface area (Å²) in [5.41, 5.74) is 0. The summed E-state index contributed by atoms with van der Waals surface area (Å²) < 4.78 is 6.50. The molecular formula is C15H19NO2S. The summed E-state index contributed by atoms with van der Waals surface area (Å²) in [7, 11) is 0.